The largest absolute Gasteiger partial charge is 0.352 e. The van der Waals surface area contributed by atoms with Crippen LogP contribution in [0.1, 0.15) is 23.2 Å². The Bertz CT molecular complexity index is 684. The van der Waals surface area contributed by atoms with Crippen molar-refractivity contribution in [2.45, 2.75) is 17.7 Å². The zero-order chi connectivity index (χ0) is 17.2. The van der Waals surface area contributed by atoms with E-state index < -0.39 is 0 Å². The molecule has 1 aromatic heterocycles. The highest BCUT2D eigenvalue weighted by Crippen LogP contribution is 2.27. The van der Waals surface area contributed by atoms with E-state index in [-0.39, 0.29) is 11.8 Å². The Morgan fingerprint density at radius 3 is 2.83 bits per heavy atom. The SMILES string of the molecule is C=CCSc1ccccc1NC(=O)CCCNC(=O)c1ccsc1. The number of benzene rings is 1. The topological polar surface area (TPSA) is 58.2 Å². The number of carbonyl (C=O) groups is 2. The maximum Gasteiger partial charge on any atom is 0.252 e. The number of anilines is 1. The molecule has 0 aliphatic carbocycles. The van der Waals surface area contributed by atoms with Gasteiger partial charge in [0.1, 0.15) is 0 Å². The minimum absolute atomic E-state index is 0.0496. The van der Waals surface area contributed by atoms with Crippen LogP contribution >= 0.6 is 23.1 Å². The van der Waals surface area contributed by atoms with Gasteiger partial charge in [0.25, 0.3) is 5.91 Å². The van der Waals surface area contributed by atoms with Gasteiger partial charge in [0.15, 0.2) is 0 Å². The molecule has 24 heavy (non-hydrogen) atoms. The van der Waals surface area contributed by atoms with E-state index in [9.17, 15) is 9.59 Å². The average molecular weight is 361 g/mol. The molecule has 2 aromatic rings. The molecule has 0 saturated carbocycles. The van der Waals surface area contributed by atoms with Crippen LogP contribution in [0.5, 0.6) is 0 Å². The monoisotopic (exact) mass is 360 g/mol. The smallest absolute Gasteiger partial charge is 0.252 e. The molecular weight excluding hydrogens is 340 g/mol. The van der Waals surface area contributed by atoms with Gasteiger partial charge in [-0.2, -0.15) is 11.3 Å². The highest BCUT2D eigenvalue weighted by Gasteiger charge is 2.08. The molecule has 0 atom stereocenters. The van der Waals surface area contributed by atoms with E-state index in [0.717, 1.165) is 16.3 Å². The van der Waals surface area contributed by atoms with Crippen molar-refractivity contribution in [3.8, 4) is 0 Å². The molecule has 0 radical (unpaired) electrons. The Balaban J connectivity index is 1.73. The van der Waals surface area contributed by atoms with Gasteiger partial charge in [0.2, 0.25) is 5.91 Å². The first-order valence-electron chi connectivity index (χ1n) is 7.63. The molecule has 126 valence electrons. The van der Waals surface area contributed by atoms with Crippen molar-refractivity contribution in [1.82, 2.24) is 5.32 Å². The summed E-state index contributed by atoms with van der Waals surface area (Å²) in [6.07, 6.45) is 2.80. The summed E-state index contributed by atoms with van der Waals surface area (Å²) in [6, 6.07) is 9.49. The molecule has 0 aliphatic heterocycles. The molecule has 0 unspecified atom stereocenters. The van der Waals surface area contributed by atoms with E-state index in [2.05, 4.69) is 17.2 Å². The third kappa shape index (κ3) is 5.86. The van der Waals surface area contributed by atoms with Crippen molar-refractivity contribution in [2.75, 3.05) is 17.6 Å². The van der Waals surface area contributed by atoms with Crippen LogP contribution in [0, 0.1) is 0 Å². The Hall–Kier alpha value is -2.05. The Kier molecular flexibility index (Phi) is 7.58. The number of rotatable bonds is 9. The van der Waals surface area contributed by atoms with Crippen LogP contribution in [-0.2, 0) is 4.79 Å². The van der Waals surface area contributed by atoms with E-state index in [1.165, 1.54) is 11.3 Å². The fourth-order valence-electron chi connectivity index (χ4n) is 2.00. The fourth-order valence-corrected chi connectivity index (χ4v) is 3.39. The summed E-state index contributed by atoms with van der Waals surface area (Å²) >= 11 is 3.12. The van der Waals surface area contributed by atoms with Crippen LogP contribution in [0.25, 0.3) is 0 Å². The van der Waals surface area contributed by atoms with E-state index in [4.69, 9.17) is 0 Å². The Labute approximate surface area is 150 Å². The second kappa shape index (κ2) is 9.95. The molecule has 1 aromatic carbocycles. The van der Waals surface area contributed by atoms with Gasteiger partial charge in [-0.3, -0.25) is 9.59 Å². The lowest BCUT2D eigenvalue weighted by Gasteiger charge is -2.10. The van der Waals surface area contributed by atoms with E-state index >= 15 is 0 Å². The Morgan fingerprint density at radius 1 is 1.25 bits per heavy atom. The second-order valence-corrected chi connectivity index (χ2v) is 6.86. The van der Waals surface area contributed by atoms with Crippen molar-refractivity contribution >= 4 is 40.6 Å². The summed E-state index contributed by atoms with van der Waals surface area (Å²) in [5.41, 5.74) is 1.48. The Morgan fingerprint density at radius 2 is 2.08 bits per heavy atom. The third-order valence-corrected chi connectivity index (χ3v) is 4.92. The van der Waals surface area contributed by atoms with Gasteiger partial charge in [-0.15, -0.1) is 18.3 Å². The van der Waals surface area contributed by atoms with Crippen molar-refractivity contribution in [1.29, 1.82) is 0 Å². The quantitative estimate of drug-likeness (QED) is 0.401. The van der Waals surface area contributed by atoms with Gasteiger partial charge >= 0.3 is 0 Å². The molecular formula is C18H20N2O2S2. The molecule has 0 spiro atoms. The highest BCUT2D eigenvalue weighted by molar-refractivity contribution is 7.99. The summed E-state index contributed by atoms with van der Waals surface area (Å²) in [4.78, 5) is 24.9. The molecule has 0 bridgehead atoms. The summed E-state index contributed by atoms with van der Waals surface area (Å²) < 4.78 is 0. The standard InChI is InChI=1S/C18H20N2O2S2/c1-2-11-24-16-7-4-3-6-15(16)20-17(21)8-5-10-19-18(22)14-9-12-23-13-14/h2-4,6-7,9,12-13H,1,5,8,10-11H2,(H,19,22)(H,20,21). The number of thioether (sulfide) groups is 1. The molecule has 0 fully saturated rings. The number of hydrogen-bond donors (Lipinski definition) is 2. The summed E-state index contributed by atoms with van der Waals surface area (Å²) in [5.74, 6) is 0.649. The zero-order valence-corrected chi connectivity index (χ0v) is 14.9. The lowest BCUT2D eigenvalue weighted by molar-refractivity contribution is -0.116. The van der Waals surface area contributed by atoms with Gasteiger partial charge in [-0.25, -0.2) is 0 Å². The minimum atomic E-state index is -0.0946. The third-order valence-electron chi connectivity index (χ3n) is 3.17. The van der Waals surface area contributed by atoms with Crippen LogP contribution in [-0.4, -0.2) is 24.1 Å². The summed E-state index contributed by atoms with van der Waals surface area (Å²) in [6.45, 7) is 4.19. The van der Waals surface area contributed by atoms with Gasteiger partial charge in [-0.1, -0.05) is 18.2 Å². The summed E-state index contributed by atoms with van der Waals surface area (Å²) in [7, 11) is 0. The first kappa shape index (κ1) is 18.3. The predicted molar refractivity (Wildman–Crippen MR) is 102 cm³/mol. The lowest BCUT2D eigenvalue weighted by Crippen LogP contribution is -2.25. The molecule has 2 rings (SSSR count). The number of hydrogen-bond acceptors (Lipinski definition) is 4. The van der Waals surface area contributed by atoms with Gasteiger partial charge in [-0.05, 0) is 30.0 Å². The van der Waals surface area contributed by atoms with Crippen LogP contribution in [0.3, 0.4) is 0 Å². The molecule has 1 heterocycles. The van der Waals surface area contributed by atoms with Crippen molar-refractivity contribution in [3.05, 3.63) is 59.3 Å². The van der Waals surface area contributed by atoms with Gasteiger partial charge in [0.05, 0.1) is 5.69 Å². The molecule has 6 heteroatoms. The van der Waals surface area contributed by atoms with E-state index in [0.29, 0.717) is 24.9 Å². The molecule has 2 amide bonds. The summed E-state index contributed by atoms with van der Waals surface area (Å²) in [5, 5.41) is 9.42. The van der Waals surface area contributed by atoms with Gasteiger partial charge in [0, 0.05) is 34.6 Å². The molecule has 2 N–H and O–H groups in total. The molecule has 0 saturated heterocycles. The number of carbonyl (C=O) groups excluding carboxylic acids is 2. The van der Waals surface area contributed by atoms with Gasteiger partial charge < -0.3 is 10.6 Å². The van der Waals surface area contributed by atoms with Crippen LogP contribution in [0.2, 0.25) is 0 Å². The minimum Gasteiger partial charge on any atom is -0.352 e. The van der Waals surface area contributed by atoms with Crippen molar-refractivity contribution in [3.63, 3.8) is 0 Å². The number of nitrogens with one attached hydrogen (secondary N) is 2. The van der Waals surface area contributed by atoms with Crippen LogP contribution < -0.4 is 10.6 Å². The maximum atomic E-state index is 12.1. The van der Waals surface area contributed by atoms with Crippen molar-refractivity contribution in [2.24, 2.45) is 0 Å². The second-order valence-electron chi connectivity index (χ2n) is 5.02. The lowest BCUT2D eigenvalue weighted by atomic mass is 10.2. The normalized spacial score (nSPS) is 10.2. The average Bonchev–Trinajstić information content (AvgIpc) is 3.12. The van der Waals surface area contributed by atoms with Crippen LogP contribution in [0.15, 0.2) is 58.6 Å². The first-order chi connectivity index (χ1) is 11.7. The molecule has 4 nitrogen and oxygen atoms in total. The highest BCUT2D eigenvalue weighted by atomic mass is 32.2. The van der Waals surface area contributed by atoms with Crippen LogP contribution in [0.4, 0.5) is 5.69 Å². The number of para-hydroxylation sites is 1. The van der Waals surface area contributed by atoms with Crippen molar-refractivity contribution < 1.29 is 9.59 Å². The molecule has 0 aliphatic rings. The number of thiophene rings is 1. The zero-order valence-electron chi connectivity index (χ0n) is 13.3. The number of amides is 2. The van der Waals surface area contributed by atoms with E-state index in [1.807, 2.05) is 35.7 Å². The first-order valence-corrected chi connectivity index (χ1v) is 9.56. The maximum absolute atomic E-state index is 12.1. The van der Waals surface area contributed by atoms with E-state index in [1.54, 1.807) is 23.2 Å². The fraction of sp³-hybridized carbons (Fsp3) is 0.222. The predicted octanol–water partition coefficient (Wildman–Crippen LogP) is 4.17.